The molecule has 0 bridgehead atoms. The Morgan fingerprint density at radius 3 is 2.58 bits per heavy atom. The SMILES string of the molecule is CC(C)N1CCN([C@H]2CCC[C@@H](Oc3cccc(F)c3)[C@@H]2O)CC1. The second-order valence-electron chi connectivity index (χ2n) is 7.27. The first-order chi connectivity index (χ1) is 11.5. The minimum Gasteiger partial charge on any atom is -0.488 e. The molecule has 1 aromatic carbocycles. The summed E-state index contributed by atoms with van der Waals surface area (Å²) in [6.45, 7) is 8.55. The molecular formula is C19H29FN2O2. The summed E-state index contributed by atoms with van der Waals surface area (Å²) in [6.07, 6.45) is 2.08. The van der Waals surface area contributed by atoms with Crippen LogP contribution in [-0.2, 0) is 0 Å². The van der Waals surface area contributed by atoms with Crippen LogP contribution in [0.3, 0.4) is 0 Å². The van der Waals surface area contributed by atoms with Crippen LogP contribution in [-0.4, -0.2) is 65.4 Å². The maximum atomic E-state index is 13.3. The largest absolute Gasteiger partial charge is 0.488 e. The standard InChI is InChI=1S/C19H29FN2O2/c1-14(2)21-9-11-22(12-10-21)17-7-4-8-18(19(17)23)24-16-6-3-5-15(20)13-16/h3,5-6,13-14,17-19,23H,4,7-12H2,1-2H3/t17-,18+,19+/m0/s1. The average molecular weight is 336 g/mol. The van der Waals surface area contributed by atoms with Gasteiger partial charge in [-0.05, 0) is 45.2 Å². The number of hydrogen-bond acceptors (Lipinski definition) is 4. The molecule has 3 rings (SSSR count). The highest BCUT2D eigenvalue weighted by Gasteiger charge is 2.38. The highest BCUT2D eigenvalue weighted by Crippen LogP contribution is 2.28. The van der Waals surface area contributed by atoms with Gasteiger partial charge in [0.2, 0.25) is 0 Å². The lowest BCUT2D eigenvalue weighted by molar-refractivity contribution is -0.0649. The van der Waals surface area contributed by atoms with E-state index in [1.165, 1.54) is 12.1 Å². The number of ether oxygens (including phenoxy) is 1. The van der Waals surface area contributed by atoms with E-state index in [1.807, 2.05) is 0 Å². The van der Waals surface area contributed by atoms with E-state index in [9.17, 15) is 9.50 Å². The Hall–Kier alpha value is -1.17. The zero-order valence-electron chi connectivity index (χ0n) is 14.7. The lowest BCUT2D eigenvalue weighted by Crippen LogP contribution is -2.58. The van der Waals surface area contributed by atoms with Gasteiger partial charge < -0.3 is 9.84 Å². The molecule has 4 nitrogen and oxygen atoms in total. The number of aliphatic hydroxyl groups excluding tert-OH is 1. The van der Waals surface area contributed by atoms with Crippen LogP contribution in [0.5, 0.6) is 5.75 Å². The smallest absolute Gasteiger partial charge is 0.126 e. The normalized spacial score (nSPS) is 29.8. The molecule has 134 valence electrons. The monoisotopic (exact) mass is 336 g/mol. The van der Waals surface area contributed by atoms with Crippen molar-refractivity contribution in [2.45, 2.75) is 57.4 Å². The third-order valence-corrected chi connectivity index (χ3v) is 5.40. The Morgan fingerprint density at radius 2 is 1.92 bits per heavy atom. The van der Waals surface area contributed by atoms with Gasteiger partial charge in [0, 0.05) is 44.3 Å². The fraction of sp³-hybridized carbons (Fsp3) is 0.684. The number of halogens is 1. The fourth-order valence-electron chi connectivity index (χ4n) is 3.95. The van der Waals surface area contributed by atoms with Gasteiger partial charge in [-0.15, -0.1) is 0 Å². The lowest BCUT2D eigenvalue weighted by Gasteiger charge is -2.45. The Balaban J connectivity index is 1.60. The number of benzene rings is 1. The molecule has 1 saturated heterocycles. The molecule has 0 aromatic heterocycles. The Kier molecular flexibility index (Phi) is 5.74. The van der Waals surface area contributed by atoms with Gasteiger partial charge in [0.15, 0.2) is 0 Å². The molecule has 2 fully saturated rings. The molecule has 0 radical (unpaired) electrons. The number of hydrogen-bond donors (Lipinski definition) is 1. The molecule has 1 saturated carbocycles. The van der Waals surface area contributed by atoms with Gasteiger partial charge in [-0.3, -0.25) is 9.80 Å². The minimum absolute atomic E-state index is 0.145. The van der Waals surface area contributed by atoms with Crippen molar-refractivity contribution < 1.29 is 14.2 Å². The van der Waals surface area contributed by atoms with E-state index >= 15 is 0 Å². The van der Waals surface area contributed by atoms with Crippen molar-refractivity contribution in [2.24, 2.45) is 0 Å². The van der Waals surface area contributed by atoms with Gasteiger partial charge in [-0.2, -0.15) is 0 Å². The van der Waals surface area contributed by atoms with Crippen molar-refractivity contribution in [3.63, 3.8) is 0 Å². The molecule has 3 atom stereocenters. The Labute approximate surface area is 144 Å². The predicted octanol–water partition coefficient (Wildman–Crippen LogP) is 2.51. The molecule has 24 heavy (non-hydrogen) atoms. The molecule has 0 spiro atoms. The van der Waals surface area contributed by atoms with E-state index in [4.69, 9.17) is 4.74 Å². The average Bonchev–Trinajstić information content (AvgIpc) is 2.57. The first kappa shape index (κ1) is 17.6. The lowest BCUT2D eigenvalue weighted by atomic mass is 9.88. The molecule has 1 heterocycles. The number of aliphatic hydroxyl groups is 1. The van der Waals surface area contributed by atoms with Crippen LogP contribution in [0.4, 0.5) is 4.39 Å². The highest BCUT2D eigenvalue weighted by atomic mass is 19.1. The van der Waals surface area contributed by atoms with Crippen LogP contribution in [0.1, 0.15) is 33.1 Å². The van der Waals surface area contributed by atoms with E-state index in [-0.39, 0.29) is 18.0 Å². The molecule has 1 aliphatic heterocycles. The van der Waals surface area contributed by atoms with E-state index in [0.717, 1.165) is 45.4 Å². The summed E-state index contributed by atoms with van der Waals surface area (Å²) in [6, 6.07) is 6.90. The van der Waals surface area contributed by atoms with Gasteiger partial charge in [0.1, 0.15) is 23.8 Å². The van der Waals surface area contributed by atoms with E-state index in [0.29, 0.717) is 11.8 Å². The number of nitrogens with zero attached hydrogens (tertiary/aromatic N) is 2. The fourth-order valence-corrected chi connectivity index (χ4v) is 3.95. The zero-order valence-corrected chi connectivity index (χ0v) is 14.7. The molecular weight excluding hydrogens is 307 g/mol. The number of rotatable bonds is 4. The Bertz CT molecular complexity index is 532. The van der Waals surface area contributed by atoms with Crippen molar-refractivity contribution in [3.8, 4) is 5.75 Å². The number of piperazine rings is 1. The van der Waals surface area contributed by atoms with Gasteiger partial charge >= 0.3 is 0 Å². The summed E-state index contributed by atoms with van der Waals surface area (Å²) in [4.78, 5) is 4.89. The van der Waals surface area contributed by atoms with Gasteiger partial charge in [0.25, 0.3) is 0 Å². The molecule has 1 aromatic rings. The third kappa shape index (κ3) is 4.08. The van der Waals surface area contributed by atoms with Crippen LogP contribution in [0.2, 0.25) is 0 Å². The van der Waals surface area contributed by atoms with Gasteiger partial charge in [-0.25, -0.2) is 4.39 Å². The van der Waals surface area contributed by atoms with Crippen LogP contribution in [0, 0.1) is 5.82 Å². The van der Waals surface area contributed by atoms with E-state index < -0.39 is 6.10 Å². The summed E-state index contributed by atoms with van der Waals surface area (Å²) < 4.78 is 19.2. The molecule has 0 amide bonds. The van der Waals surface area contributed by atoms with Gasteiger partial charge in [0.05, 0.1) is 0 Å². The summed E-state index contributed by atoms with van der Waals surface area (Å²) in [7, 11) is 0. The minimum atomic E-state index is -0.521. The van der Waals surface area contributed by atoms with Gasteiger partial charge in [-0.1, -0.05) is 6.07 Å². The first-order valence-corrected chi connectivity index (χ1v) is 9.13. The second-order valence-corrected chi connectivity index (χ2v) is 7.27. The zero-order chi connectivity index (χ0) is 17.1. The van der Waals surface area contributed by atoms with Crippen LogP contribution >= 0.6 is 0 Å². The molecule has 1 N–H and O–H groups in total. The summed E-state index contributed by atoms with van der Waals surface area (Å²) >= 11 is 0. The Morgan fingerprint density at radius 1 is 1.17 bits per heavy atom. The van der Waals surface area contributed by atoms with Crippen LogP contribution in [0.25, 0.3) is 0 Å². The highest BCUT2D eigenvalue weighted by molar-refractivity contribution is 5.23. The van der Waals surface area contributed by atoms with Crippen LogP contribution in [0.15, 0.2) is 24.3 Å². The summed E-state index contributed by atoms with van der Waals surface area (Å²) in [5.74, 6) is 0.198. The van der Waals surface area contributed by atoms with Crippen molar-refractivity contribution in [1.82, 2.24) is 9.80 Å². The third-order valence-electron chi connectivity index (χ3n) is 5.40. The van der Waals surface area contributed by atoms with E-state index in [1.54, 1.807) is 12.1 Å². The van der Waals surface area contributed by atoms with Crippen molar-refractivity contribution in [2.75, 3.05) is 26.2 Å². The maximum Gasteiger partial charge on any atom is 0.126 e. The summed E-state index contributed by atoms with van der Waals surface area (Å²) in [5.41, 5.74) is 0. The quantitative estimate of drug-likeness (QED) is 0.916. The first-order valence-electron chi connectivity index (χ1n) is 9.13. The van der Waals surface area contributed by atoms with E-state index in [2.05, 4.69) is 23.6 Å². The summed E-state index contributed by atoms with van der Waals surface area (Å²) in [5, 5.41) is 10.8. The molecule has 5 heteroatoms. The van der Waals surface area contributed by atoms with Crippen molar-refractivity contribution in [3.05, 3.63) is 30.1 Å². The van der Waals surface area contributed by atoms with Crippen molar-refractivity contribution in [1.29, 1.82) is 0 Å². The molecule has 0 unspecified atom stereocenters. The topological polar surface area (TPSA) is 35.9 Å². The van der Waals surface area contributed by atoms with Crippen molar-refractivity contribution >= 4 is 0 Å². The molecule has 2 aliphatic rings. The molecule has 1 aliphatic carbocycles. The van der Waals surface area contributed by atoms with Crippen LogP contribution < -0.4 is 4.74 Å². The maximum absolute atomic E-state index is 13.3. The second kappa shape index (κ2) is 7.81. The predicted molar refractivity (Wildman–Crippen MR) is 92.7 cm³/mol.